The van der Waals surface area contributed by atoms with E-state index in [1.54, 1.807) is 13.0 Å². The molecule has 0 aliphatic carbocycles. The van der Waals surface area contributed by atoms with E-state index >= 15 is 0 Å². The molecular weight excluding hydrogens is 276 g/mol. The van der Waals surface area contributed by atoms with Crippen molar-refractivity contribution in [2.75, 3.05) is 0 Å². The molecule has 3 aromatic rings. The molecule has 0 spiro atoms. The van der Waals surface area contributed by atoms with Gasteiger partial charge in [-0.2, -0.15) is 0 Å². The summed E-state index contributed by atoms with van der Waals surface area (Å²) in [6.07, 6.45) is 3.72. The van der Waals surface area contributed by atoms with Crippen LogP contribution in [0.15, 0.2) is 59.0 Å². The third-order valence-corrected chi connectivity index (χ3v) is 3.09. The molecule has 0 saturated carbocycles. The summed E-state index contributed by atoms with van der Waals surface area (Å²) in [7, 11) is 0. The standard InChI is InChI=1S/C18H16N2O2/c1-14-19-20-18(22-14)12-9-15-7-10-17(11-8-15)21-13-16-5-3-2-4-6-16/h2-12H,13H2,1H3/b12-9+. The molecule has 0 aliphatic heterocycles. The quantitative estimate of drug-likeness (QED) is 0.709. The SMILES string of the molecule is Cc1nnc(/C=C/c2ccc(OCc3ccccc3)cc2)o1. The number of nitrogens with zero attached hydrogens (tertiary/aromatic N) is 2. The maximum absolute atomic E-state index is 5.75. The summed E-state index contributed by atoms with van der Waals surface area (Å²) in [6.45, 7) is 2.33. The fraction of sp³-hybridized carbons (Fsp3) is 0.111. The van der Waals surface area contributed by atoms with Crippen LogP contribution in [0.1, 0.15) is 22.9 Å². The van der Waals surface area contributed by atoms with Crippen molar-refractivity contribution in [3.05, 3.63) is 77.5 Å². The zero-order valence-electron chi connectivity index (χ0n) is 12.3. The summed E-state index contributed by atoms with van der Waals surface area (Å²) < 4.78 is 11.0. The van der Waals surface area contributed by atoms with Gasteiger partial charge in [-0.25, -0.2) is 0 Å². The second-order valence-electron chi connectivity index (χ2n) is 4.84. The molecule has 4 heteroatoms. The Kier molecular flexibility index (Phi) is 4.30. The first-order valence-electron chi connectivity index (χ1n) is 7.04. The molecular formula is C18H16N2O2. The maximum atomic E-state index is 5.75. The first-order chi connectivity index (χ1) is 10.8. The Morgan fingerprint density at radius 1 is 0.955 bits per heavy atom. The van der Waals surface area contributed by atoms with Crippen molar-refractivity contribution >= 4 is 12.2 Å². The summed E-state index contributed by atoms with van der Waals surface area (Å²) in [5, 5.41) is 7.69. The van der Waals surface area contributed by atoms with Gasteiger partial charge in [-0.05, 0) is 29.3 Å². The fourth-order valence-corrected chi connectivity index (χ4v) is 1.96. The van der Waals surface area contributed by atoms with Crippen LogP contribution in [0.25, 0.3) is 12.2 Å². The molecule has 0 saturated heterocycles. The lowest BCUT2D eigenvalue weighted by atomic mass is 10.2. The largest absolute Gasteiger partial charge is 0.489 e. The number of rotatable bonds is 5. The van der Waals surface area contributed by atoms with Crippen LogP contribution in [-0.4, -0.2) is 10.2 Å². The van der Waals surface area contributed by atoms with Crippen LogP contribution in [0.3, 0.4) is 0 Å². The number of aryl methyl sites for hydroxylation is 1. The highest BCUT2D eigenvalue weighted by atomic mass is 16.5. The van der Waals surface area contributed by atoms with Crippen molar-refractivity contribution in [3.63, 3.8) is 0 Å². The molecule has 0 bridgehead atoms. The Balaban J connectivity index is 1.59. The van der Waals surface area contributed by atoms with Gasteiger partial charge in [-0.3, -0.25) is 0 Å². The van der Waals surface area contributed by atoms with Crippen molar-refractivity contribution in [1.29, 1.82) is 0 Å². The molecule has 0 aliphatic rings. The Labute approximate surface area is 129 Å². The molecule has 0 N–H and O–H groups in total. The van der Waals surface area contributed by atoms with E-state index in [-0.39, 0.29) is 0 Å². The molecule has 0 radical (unpaired) electrons. The smallest absolute Gasteiger partial charge is 0.240 e. The number of ether oxygens (including phenoxy) is 1. The van der Waals surface area contributed by atoms with E-state index in [9.17, 15) is 0 Å². The second-order valence-corrected chi connectivity index (χ2v) is 4.84. The van der Waals surface area contributed by atoms with E-state index in [2.05, 4.69) is 10.2 Å². The van der Waals surface area contributed by atoms with Gasteiger partial charge in [0, 0.05) is 13.0 Å². The number of benzene rings is 2. The van der Waals surface area contributed by atoms with Crippen LogP contribution in [0.4, 0.5) is 0 Å². The Morgan fingerprint density at radius 2 is 1.73 bits per heavy atom. The molecule has 3 rings (SSSR count). The van der Waals surface area contributed by atoms with Crippen molar-refractivity contribution in [3.8, 4) is 5.75 Å². The van der Waals surface area contributed by atoms with Gasteiger partial charge in [0.05, 0.1) is 0 Å². The minimum Gasteiger partial charge on any atom is -0.489 e. The van der Waals surface area contributed by atoms with Gasteiger partial charge >= 0.3 is 0 Å². The van der Waals surface area contributed by atoms with Crippen LogP contribution >= 0.6 is 0 Å². The van der Waals surface area contributed by atoms with Crippen LogP contribution < -0.4 is 4.74 Å². The zero-order valence-corrected chi connectivity index (χ0v) is 12.3. The van der Waals surface area contributed by atoms with Crippen LogP contribution in [0, 0.1) is 6.92 Å². The number of aromatic nitrogens is 2. The average Bonchev–Trinajstić information content (AvgIpc) is 2.98. The van der Waals surface area contributed by atoms with Gasteiger partial charge in [-0.1, -0.05) is 42.5 Å². The molecule has 1 aromatic heterocycles. The molecule has 2 aromatic carbocycles. The summed E-state index contributed by atoms with van der Waals surface area (Å²) >= 11 is 0. The highest BCUT2D eigenvalue weighted by molar-refractivity contribution is 5.66. The lowest BCUT2D eigenvalue weighted by molar-refractivity contribution is 0.306. The topological polar surface area (TPSA) is 48.2 Å². The summed E-state index contributed by atoms with van der Waals surface area (Å²) in [4.78, 5) is 0. The maximum Gasteiger partial charge on any atom is 0.240 e. The minimum atomic E-state index is 0.502. The van der Waals surface area contributed by atoms with Crippen LogP contribution in [-0.2, 0) is 6.61 Å². The third kappa shape index (κ3) is 3.82. The van der Waals surface area contributed by atoms with Gasteiger partial charge in [0.2, 0.25) is 11.8 Å². The lowest BCUT2D eigenvalue weighted by Crippen LogP contribution is -1.94. The number of hydrogen-bond donors (Lipinski definition) is 0. The zero-order chi connectivity index (χ0) is 15.2. The molecule has 0 atom stereocenters. The Bertz CT molecular complexity index is 746. The van der Waals surface area contributed by atoms with E-state index in [1.807, 2.05) is 60.7 Å². The average molecular weight is 292 g/mol. The summed E-state index contributed by atoms with van der Waals surface area (Å²) in [5.74, 6) is 1.90. The molecule has 1 heterocycles. The monoisotopic (exact) mass is 292 g/mol. The minimum absolute atomic E-state index is 0.502. The van der Waals surface area contributed by atoms with Gasteiger partial charge in [0.1, 0.15) is 12.4 Å². The van der Waals surface area contributed by atoms with Gasteiger partial charge in [0.15, 0.2) is 0 Å². The molecule has 4 nitrogen and oxygen atoms in total. The van der Waals surface area contributed by atoms with Crippen LogP contribution in [0.2, 0.25) is 0 Å². The fourth-order valence-electron chi connectivity index (χ4n) is 1.96. The molecule has 110 valence electrons. The van der Waals surface area contributed by atoms with E-state index in [4.69, 9.17) is 9.15 Å². The van der Waals surface area contributed by atoms with Crippen LogP contribution in [0.5, 0.6) is 5.75 Å². The molecule has 0 amide bonds. The normalized spacial score (nSPS) is 11.0. The van der Waals surface area contributed by atoms with E-state index in [0.717, 1.165) is 16.9 Å². The first-order valence-corrected chi connectivity index (χ1v) is 7.04. The van der Waals surface area contributed by atoms with Crippen molar-refractivity contribution in [1.82, 2.24) is 10.2 Å². The third-order valence-electron chi connectivity index (χ3n) is 3.09. The second kappa shape index (κ2) is 6.72. The van der Waals surface area contributed by atoms with E-state index in [0.29, 0.717) is 18.4 Å². The first kappa shape index (κ1) is 14.1. The van der Waals surface area contributed by atoms with Gasteiger partial charge in [-0.15, -0.1) is 10.2 Å². The van der Waals surface area contributed by atoms with E-state index < -0.39 is 0 Å². The molecule has 0 fully saturated rings. The highest BCUT2D eigenvalue weighted by Gasteiger charge is 1.98. The Hall–Kier alpha value is -2.88. The van der Waals surface area contributed by atoms with Gasteiger partial charge < -0.3 is 9.15 Å². The van der Waals surface area contributed by atoms with E-state index in [1.165, 1.54) is 0 Å². The highest BCUT2D eigenvalue weighted by Crippen LogP contribution is 2.16. The summed E-state index contributed by atoms with van der Waals surface area (Å²) in [6, 6.07) is 18.0. The Morgan fingerprint density at radius 3 is 2.41 bits per heavy atom. The summed E-state index contributed by atoms with van der Waals surface area (Å²) in [5.41, 5.74) is 2.20. The van der Waals surface area contributed by atoms with Crippen molar-refractivity contribution in [2.24, 2.45) is 0 Å². The van der Waals surface area contributed by atoms with Crippen molar-refractivity contribution in [2.45, 2.75) is 13.5 Å². The predicted molar refractivity (Wildman–Crippen MR) is 85.2 cm³/mol. The lowest BCUT2D eigenvalue weighted by Gasteiger charge is -2.06. The predicted octanol–water partition coefficient (Wildman–Crippen LogP) is 4.13. The van der Waals surface area contributed by atoms with Crippen molar-refractivity contribution < 1.29 is 9.15 Å². The number of hydrogen-bond acceptors (Lipinski definition) is 4. The van der Waals surface area contributed by atoms with Gasteiger partial charge in [0.25, 0.3) is 0 Å². The molecule has 0 unspecified atom stereocenters. The molecule has 22 heavy (non-hydrogen) atoms.